The number of esters is 1. The maximum atomic E-state index is 12.1. The molecule has 0 aliphatic carbocycles. The number of hydrogen-bond acceptors (Lipinski definition) is 5. The van der Waals surface area contributed by atoms with Crippen molar-refractivity contribution in [1.82, 2.24) is 0 Å². The highest BCUT2D eigenvalue weighted by atomic mass is 16.5. The number of hydrogen-bond donors (Lipinski definition) is 1. The number of nitrogens with one attached hydrogen (secondary N) is 1. The van der Waals surface area contributed by atoms with Crippen LogP contribution in [0, 0.1) is 0 Å². The first kappa shape index (κ1) is 20.0. The van der Waals surface area contributed by atoms with E-state index in [0.717, 1.165) is 12.0 Å². The molecule has 2 aromatic carbocycles. The quantitative estimate of drug-likeness (QED) is 0.564. The summed E-state index contributed by atoms with van der Waals surface area (Å²) in [6.45, 7) is 2.65. The minimum atomic E-state index is -0.423. The first-order chi connectivity index (χ1) is 13.1. The minimum Gasteiger partial charge on any atom is -0.493 e. The van der Waals surface area contributed by atoms with Crippen molar-refractivity contribution >= 4 is 23.6 Å². The van der Waals surface area contributed by atoms with Gasteiger partial charge in [-0.15, -0.1) is 0 Å². The monoisotopic (exact) mass is 369 g/mol. The number of methoxy groups -OCH3 is 2. The summed E-state index contributed by atoms with van der Waals surface area (Å²) in [6.07, 6.45) is 4.02. The molecule has 6 nitrogen and oxygen atoms in total. The van der Waals surface area contributed by atoms with Gasteiger partial charge in [-0.05, 0) is 54.5 Å². The van der Waals surface area contributed by atoms with Gasteiger partial charge >= 0.3 is 5.97 Å². The van der Waals surface area contributed by atoms with Crippen LogP contribution >= 0.6 is 0 Å². The Morgan fingerprint density at radius 2 is 1.78 bits per heavy atom. The molecule has 142 valence electrons. The molecule has 0 unspecified atom stereocenters. The molecular weight excluding hydrogens is 346 g/mol. The van der Waals surface area contributed by atoms with E-state index in [-0.39, 0.29) is 5.91 Å². The average Bonchev–Trinajstić information content (AvgIpc) is 2.70. The van der Waals surface area contributed by atoms with E-state index in [1.54, 1.807) is 43.5 Å². The number of ether oxygens (including phenoxy) is 3. The third kappa shape index (κ3) is 5.88. The molecule has 2 aromatic rings. The van der Waals surface area contributed by atoms with Crippen LogP contribution in [0.4, 0.5) is 5.69 Å². The van der Waals surface area contributed by atoms with Crippen molar-refractivity contribution in [2.24, 2.45) is 0 Å². The van der Waals surface area contributed by atoms with Crippen molar-refractivity contribution in [3.8, 4) is 11.5 Å². The number of carbonyl (C=O) groups is 2. The highest BCUT2D eigenvalue weighted by Gasteiger charge is 2.06. The highest BCUT2D eigenvalue weighted by molar-refractivity contribution is 6.02. The van der Waals surface area contributed by atoms with Crippen LogP contribution in [-0.2, 0) is 9.53 Å². The van der Waals surface area contributed by atoms with Gasteiger partial charge in [0.2, 0.25) is 5.91 Å². The molecule has 0 saturated heterocycles. The lowest BCUT2D eigenvalue weighted by Gasteiger charge is -2.10. The third-order valence-corrected chi connectivity index (χ3v) is 3.65. The molecule has 1 amide bonds. The standard InChI is InChI=1S/C21H23NO5/c1-4-13-27-18-11-5-15(14-19(18)25-2)6-12-20(23)22-17-9-7-16(8-10-17)21(24)26-3/h5-12,14H,4,13H2,1-3H3,(H,22,23). The maximum absolute atomic E-state index is 12.1. The van der Waals surface area contributed by atoms with Crippen LogP contribution in [0.1, 0.15) is 29.3 Å². The van der Waals surface area contributed by atoms with E-state index < -0.39 is 5.97 Å². The second-order valence-electron chi connectivity index (χ2n) is 5.65. The number of anilines is 1. The largest absolute Gasteiger partial charge is 0.493 e. The lowest BCUT2D eigenvalue weighted by atomic mass is 10.2. The predicted octanol–water partition coefficient (Wildman–Crippen LogP) is 3.92. The Morgan fingerprint density at radius 1 is 1.04 bits per heavy atom. The zero-order chi connectivity index (χ0) is 19.6. The summed E-state index contributed by atoms with van der Waals surface area (Å²) in [5.41, 5.74) is 1.81. The van der Waals surface area contributed by atoms with E-state index >= 15 is 0 Å². The van der Waals surface area contributed by atoms with Crippen molar-refractivity contribution in [3.05, 3.63) is 59.7 Å². The predicted molar refractivity (Wildman–Crippen MR) is 104 cm³/mol. The van der Waals surface area contributed by atoms with Crippen LogP contribution in [0.2, 0.25) is 0 Å². The molecule has 0 bridgehead atoms. The Balaban J connectivity index is 2.00. The van der Waals surface area contributed by atoms with Crippen LogP contribution in [0.5, 0.6) is 11.5 Å². The number of amides is 1. The van der Waals surface area contributed by atoms with Gasteiger partial charge in [0.25, 0.3) is 0 Å². The van der Waals surface area contributed by atoms with Crippen molar-refractivity contribution in [2.45, 2.75) is 13.3 Å². The first-order valence-electron chi connectivity index (χ1n) is 8.55. The van der Waals surface area contributed by atoms with Gasteiger partial charge < -0.3 is 19.5 Å². The van der Waals surface area contributed by atoms with Gasteiger partial charge in [-0.1, -0.05) is 13.0 Å². The average molecular weight is 369 g/mol. The van der Waals surface area contributed by atoms with E-state index in [9.17, 15) is 9.59 Å². The summed E-state index contributed by atoms with van der Waals surface area (Å²) in [4.78, 5) is 23.5. The van der Waals surface area contributed by atoms with Crippen LogP contribution in [0.3, 0.4) is 0 Å². The molecule has 0 aromatic heterocycles. The number of benzene rings is 2. The highest BCUT2D eigenvalue weighted by Crippen LogP contribution is 2.28. The molecule has 0 fully saturated rings. The minimum absolute atomic E-state index is 0.286. The Hall–Kier alpha value is -3.28. The fraction of sp³-hybridized carbons (Fsp3) is 0.238. The number of rotatable bonds is 8. The summed E-state index contributed by atoms with van der Waals surface area (Å²) in [5, 5.41) is 2.73. The van der Waals surface area contributed by atoms with E-state index in [1.807, 2.05) is 19.1 Å². The molecule has 0 aliphatic heterocycles. The maximum Gasteiger partial charge on any atom is 0.337 e. The van der Waals surface area contributed by atoms with Gasteiger partial charge in [0.05, 0.1) is 26.4 Å². The molecule has 0 heterocycles. The number of carbonyl (C=O) groups excluding carboxylic acids is 2. The van der Waals surface area contributed by atoms with E-state index in [2.05, 4.69) is 10.1 Å². The Kier molecular flexibility index (Phi) is 7.43. The summed E-state index contributed by atoms with van der Waals surface area (Å²) in [6, 6.07) is 11.9. The van der Waals surface area contributed by atoms with Gasteiger partial charge in [0.1, 0.15) is 0 Å². The zero-order valence-corrected chi connectivity index (χ0v) is 15.7. The van der Waals surface area contributed by atoms with Crippen molar-refractivity contribution in [3.63, 3.8) is 0 Å². The lowest BCUT2D eigenvalue weighted by molar-refractivity contribution is -0.111. The second kappa shape index (κ2) is 10.0. The van der Waals surface area contributed by atoms with Crippen molar-refractivity contribution in [1.29, 1.82) is 0 Å². The third-order valence-electron chi connectivity index (χ3n) is 3.65. The Bertz CT molecular complexity index is 812. The molecule has 27 heavy (non-hydrogen) atoms. The van der Waals surface area contributed by atoms with E-state index in [0.29, 0.717) is 29.4 Å². The molecule has 0 radical (unpaired) electrons. The molecule has 6 heteroatoms. The first-order valence-corrected chi connectivity index (χ1v) is 8.55. The Morgan fingerprint density at radius 3 is 2.41 bits per heavy atom. The summed E-state index contributed by atoms with van der Waals surface area (Å²) < 4.78 is 15.6. The summed E-state index contributed by atoms with van der Waals surface area (Å²) in [7, 11) is 2.90. The SMILES string of the molecule is CCCOc1ccc(C=CC(=O)Nc2ccc(C(=O)OC)cc2)cc1OC. The van der Waals surface area contributed by atoms with Crippen molar-refractivity contribution in [2.75, 3.05) is 26.1 Å². The van der Waals surface area contributed by atoms with Gasteiger partial charge in [0, 0.05) is 11.8 Å². The van der Waals surface area contributed by atoms with Crippen LogP contribution in [-0.4, -0.2) is 32.7 Å². The summed E-state index contributed by atoms with van der Waals surface area (Å²) in [5.74, 6) is 0.579. The molecule has 0 atom stereocenters. The smallest absolute Gasteiger partial charge is 0.337 e. The normalized spacial score (nSPS) is 10.5. The van der Waals surface area contributed by atoms with Crippen molar-refractivity contribution < 1.29 is 23.8 Å². The van der Waals surface area contributed by atoms with Gasteiger partial charge in [-0.3, -0.25) is 4.79 Å². The van der Waals surface area contributed by atoms with Gasteiger partial charge in [-0.25, -0.2) is 4.79 Å². The molecule has 0 spiro atoms. The lowest BCUT2D eigenvalue weighted by Crippen LogP contribution is -2.08. The Labute approximate surface area is 158 Å². The molecule has 1 N–H and O–H groups in total. The fourth-order valence-corrected chi connectivity index (χ4v) is 2.28. The second-order valence-corrected chi connectivity index (χ2v) is 5.65. The molecular formula is C21H23NO5. The molecule has 0 aliphatic rings. The van der Waals surface area contributed by atoms with E-state index in [1.165, 1.54) is 13.2 Å². The van der Waals surface area contributed by atoms with Gasteiger partial charge in [-0.2, -0.15) is 0 Å². The summed E-state index contributed by atoms with van der Waals surface area (Å²) >= 11 is 0. The zero-order valence-electron chi connectivity index (χ0n) is 15.7. The van der Waals surface area contributed by atoms with Crippen LogP contribution in [0.15, 0.2) is 48.5 Å². The van der Waals surface area contributed by atoms with Crippen LogP contribution in [0.25, 0.3) is 6.08 Å². The fourth-order valence-electron chi connectivity index (χ4n) is 2.28. The molecule has 0 saturated carbocycles. The van der Waals surface area contributed by atoms with Crippen LogP contribution < -0.4 is 14.8 Å². The van der Waals surface area contributed by atoms with Gasteiger partial charge in [0.15, 0.2) is 11.5 Å². The molecule has 2 rings (SSSR count). The topological polar surface area (TPSA) is 73.9 Å². The van der Waals surface area contributed by atoms with E-state index in [4.69, 9.17) is 9.47 Å².